The maximum Gasteiger partial charge on any atom is 0.264 e. The molecule has 0 aromatic heterocycles. The zero-order chi connectivity index (χ0) is 32.7. The summed E-state index contributed by atoms with van der Waals surface area (Å²) in [5.74, 6) is -1.58. The molecular formula is C35H34Cl2FN3O4S. The number of carbonyl (C=O) groups excluding carboxylic acids is 2. The number of rotatable bonds is 12. The molecule has 0 saturated heterocycles. The normalized spacial score (nSPS) is 14.1. The molecule has 2 amide bonds. The summed E-state index contributed by atoms with van der Waals surface area (Å²) in [6, 6.07) is 25.7. The molecule has 4 aromatic carbocycles. The monoisotopic (exact) mass is 681 g/mol. The Balaban J connectivity index is 1.58. The summed E-state index contributed by atoms with van der Waals surface area (Å²) < 4.78 is 42.9. The molecule has 1 fully saturated rings. The molecule has 1 aliphatic rings. The molecular weight excluding hydrogens is 648 g/mol. The lowest BCUT2D eigenvalue weighted by Gasteiger charge is -2.34. The number of halogens is 3. The fourth-order valence-electron chi connectivity index (χ4n) is 5.63. The summed E-state index contributed by atoms with van der Waals surface area (Å²) in [7, 11) is -4.30. The number of anilines is 1. The van der Waals surface area contributed by atoms with Gasteiger partial charge in [0.15, 0.2) is 0 Å². The van der Waals surface area contributed by atoms with Gasteiger partial charge in [-0.2, -0.15) is 0 Å². The Hall–Kier alpha value is -3.92. The van der Waals surface area contributed by atoms with Gasteiger partial charge in [-0.05, 0) is 66.9 Å². The molecule has 0 unspecified atom stereocenters. The predicted octanol–water partition coefficient (Wildman–Crippen LogP) is 7.03. The number of nitrogens with zero attached hydrogens (tertiary/aromatic N) is 2. The first-order valence-corrected chi connectivity index (χ1v) is 17.2. The fourth-order valence-corrected chi connectivity index (χ4v) is 7.58. The summed E-state index contributed by atoms with van der Waals surface area (Å²) in [5, 5.41) is 3.72. The maximum absolute atomic E-state index is 14.6. The Bertz CT molecular complexity index is 1730. The molecule has 0 heterocycles. The Morgan fingerprint density at radius 3 is 2.02 bits per heavy atom. The van der Waals surface area contributed by atoms with E-state index in [-0.39, 0.29) is 35.5 Å². The van der Waals surface area contributed by atoms with Gasteiger partial charge in [0.05, 0.1) is 10.6 Å². The van der Waals surface area contributed by atoms with Gasteiger partial charge in [0.1, 0.15) is 18.4 Å². The van der Waals surface area contributed by atoms with E-state index in [0.717, 1.165) is 47.7 Å². The third-order valence-corrected chi connectivity index (χ3v) is 10.6. The Kier molecular flexibility index (Phi) is 11.0. The van der Waals surface area contributed by atoms with Gasteiger partial charge in [-0.25, -0.2) is 12.8 Å². The number of nitrogens with one attached hydrogen (secondary N) is 1. The Labute approximate surface area is 279 Å². The van der Waals surface area contributed by atoms with Crippen LogP contribution in [0.4, 0.5) is 10.1 Å². The second kappa shape index (κ2) is 15.1. The molecule has 0 bridgehead atoms. The van der Waals surface area contributed by atoms with Crippen molar-refractivity contribution in [2.24, 2.45) is 0 Å². The highest BCUT2D eigenvalue weighted by atomic mass is 35.5. The van der Waals surface area contributed by atoms with E-state index >= 15 is 0 Å². The third-order valence-electron chi connectivity index (χ3n) is 8.09. The SMILES string of the molecule is O=C(NC1CCCC1)[C@@H](Cc1ccccc1)N(Cc1c(Cl)cccc1Cl)C(=O)CN(c1ccc(F)cc1)S(=O)(=O)c1ccccc1. The number of hydrogen-bond donors (Lipinski definition) is 1. The van der Waals surface area contributed by atoms with Gasteiger partial charge in [-0.15, -0.1) is 0 Å². The van der Waals surface area contributed by atoms with Crippen LogP contribution in [0.3, 0.4) is 0 Å². The van der Waals surface area contributed by atoms with Crippen molar-refractivity contribution in [3.05, 3.63) is 130 Å². The lowest BCUT2D eigenvalue weighted by Crippen LogP contribution is -2.54. The highest BCUT2D eigenvalue weighted by Gasteiger charge is 2.36. The first-order chi connectivity index (χ1) is 22.1. The van der Waals surface area contributed by atoms with Crippen LogP contribution in [0.25, 0.3) is 0 Å². The molecule has 1 atom stereocenters. The number of sulfonamides is 1. The van der Waals surface area contributed by atoms with E-state index in [9.17, 15) is 22.4 Å². The van der Waals surface area contributed by atoms with Crippen LogP contribution < -0.4 is 9.62 Å². The van der Waals surface area contributed by atoms with Gasteiger partial charge in [0.25, 0.3) is 10.0 Å². The van der Waals surface area contributed by atoms with Crippen LogP contribution in [0, 0.1) is 5.82 Å². The molecule has 1 N–H and O–H groups in total. The number of benzene rings is 4. The second-order valence-electron chi connectivity index (χ2n) is 11.2. The molecule has 11 heteroatoms. The quantitative estimate of drug-likeness (QED) is 0.174. The minimum absolute atomic E-state index is 0.0270. The predicted molar refractivity (Wildman–Crippen MR) is 179 cm³/mol. The second-order valence-corrected chi connectivity index (χ2v) is 13.9. The van der Waals surface area contributed by atoms with Gasteiger partial charge < -0.3 is 10.2 Å². The first-order valence-electron chi connectivity index (χ1n) is 15.0. The molecule has 7 nitrogen and oxygen atoms in total. The maximum atomic E-state index is 14.6. The van der Waals surface area contributed by atoms with Crippen molar-refractivity contribution < 1.29 is 22.4 Å². The molecule has 1 aliphatic carbocycles. The van der Waals surface area contributed by atoms with E-state index < -0.39 is 34.3 Å². The molecule has 5 rings (SSSR count). The Morgan fingerprint density at radius 2 is 1.41 bits per heavy atom. The minimum atomic E-state index is -4.30. The molecule has 4 aromatic rings. The van der Waals surface area contributed by atoms with E-state index in [1.165, 1.54) is 29.2 Å². The summed E-state index contributed by atoms with van der Waals surface area (Å²) in [6.45, 7) is -0.831. The van der Waals surface area contributed by atoms with E-state index in [0.29, 0.717) is 15.6 Å². The number of amides is 2. The average Bonchev–Trinajstić information content (AvgIpc) is 3.57. The largest absolute Gasteiger partial charge is 0.352 e. The van der Waals surface area contributed by atoms with Crippen molar-refractivity contribution in [2.75, 3.05) is 10.8 Å². The van der Waals surface area contributed by atoms with E-state index in [2.05, 4.69) is 5.32 Å². The molecule has 0 aliphatic heterocycles. The van der Waals surface area contributed by atoms with Gasteiger partial charge in [-0.3, -0.25) is 13.9 Å². The fraction of sp³-hybridized carbons (Fsp3) is 0.257. The van der Waals surface area contributed by atoms with Gasteiger partial charge >= 0.3 is 0 Å². The van der Waals surface area contributed by atoms with Crippen molar-refractivity contribution in [1.29, 1.82) is 0 Å². The van der Waals surface area contributed by atoms with Gasteiger partial charge in [0.2, 0.25) is 11.8 Å². The summed E-state index contributed by atoms with van der Waals surface area (Å²) >= 11 is 13.1. The topological polar surface area (TPSA) is 86.8 Å². The van der Waals surface area contributed by atoms with E-state index in [4.69, 9.17) is 23.2 Å². The van der Waals surface area contributed by atoms with Crippen LogP contribution in [-0.4, -0.2) is 43.8 Å². The summed E-state index contributed by atoms with van der Waals surface area (Å²) in [4.78, 5) is 29.9. The van der Waals surface area contributed by atoms with E-state index in [1.54, 1.807) is 36.4 Å². The van der Waals surface area contributed by atoms with Crippen molar-refractivity contribution in [3.8, 4) is 0 Å². The van der Waals surface area contributed by atoms with Crippen molar-refractivity contribution in [1.82, 2.24) is 10.2 Å². The van der Waals surface area contributed by atoms with Crippen LogP contribution in [0.1, 0.15) is 36.8 Å². The first kappa shape index (κ1) is 33.4. The molecule has 0 spiro atoms. The highest BCUT2D eigenvalue weighted by Crippen LogP contribution is 2.29. The molecule has 0 radical (unpaired) electrons. The van der Waals surface area contributed by atoms with E-state index in [1.807, 2.05) is 30.3 Å². The smallest absolute Gasteiger partial charge is 0.264 e. The zero-order valence-electron chi connectivity index (χ0n) is 25.0. The zero-order valence-corrected chi connectivity index (χ0v) is 27.3. The van der Waals surface area contributed by atoms with Crippen LogP contribution >= 0.6 is 23.2 Å². The van der Waals surface area contributed by atoms with Crippen LogP contribution in [0.5, 0.6) is 0 Å². The highest BCUT2D eigenvalue weighted by molar-refractivity contribution is 7.92. The number of carbonyl (C=O) groups is 2. The van der Waals surface area contributed by atoms with Crippen LogP contribution in [0.15, 0.2) is 108 Å². The third kappa shape index (κ3) is 8.07. The van der Waals surface area contributed by atoms with Crippen molar-refractivity contribution in [3.63, 3.8) is 0 Å². The lowest BCUT2D eigenvalue weighted by atomic mass is 10.0. The summed E-state index contributed by atoms with van der Waals surface area (Å²) in [5.41, 5.74) is 1.32. The lowest BCUT2D eigenvalue weighted by molar-refractivity contribution is -0.140. The molecule has 46 heavy (non-hydrogen) atoms. The number of hydrogen-bond acceptors (Lipinski definition) is 4. The molecule has 1 saturated carbocycles. The average molecular weight is 683 g/mol. The van der Waals surface area contributed by atoms with Crippen molar-refractivity contribution in [2.45, 2.75) is 55.6 Å². The van der Waals surface area contributed by atoms with Crippen LogP contribution in [-0.2, 0) is 32.6 Å². The summed E-state index contributed by atoms with van der Waals surface area (Å²) in [6.07, 6.45) is 3.82. The minimum Gasteiger partial charge on any atom is -0.352 e. The van der Waals surface area contributed by atoms with Crippen molar-refractivity contribution >= 4 is 50.7 Å². The van der Waals surface area contributed by atoms with Gasteiger partial charge in [0, 0.05) is 34.6 Å². The van der Waals surface area contributed by atoms with Crippen LogP contribution in [0.2, 0.25) is 10.0 Å². The Morgan fingerprint density at radius 1 is 0.826 bits per heavy atom. The van der Waals surface area contributed by atoms with Gasteiger partial charge in [-0.1, -0.05) is 90.6 Å². The standard InChI is InChI=1S/C35H34Cl2FN3O4S/c36-31-16-9-17-32(37)30(31)23-40(33(22-25-10-3-1-4-11-25)35(43)39-27-12-7-8-13-27)34(42)24-41(28-20-18-26(38)19-21-28)46(44,45)29-14-5-2-6-15-29/h1-6,9-11,14-21,27,33H,7-8,12-13,22-24H2,(H,39,43)/t33-/m1/s1. The molecule has 240 valence electrons.